The smallest absolute Gasteiger partial charge is 0.173 e. The van der Waals surface area contributed by atoms with Crippen LogP contribution in [0, 0.1) is 28.6 Å². The number of hydrogen-bond acceptors (Lipinski definition) is 6. The lowest BCUT2D eigenvalue weighted by molar-refractivity contribution is -0.134. The van der Waals surface area contributed by atoms with Crippen molar-refractivity contribution in [2.45, 2.75) is 71.1 Å². The molecule has 1 heterocycles. The number of nitrogens with one attached hydrogen (secondary N) is 1. The van der Waals surface area contributed by atoms with Gasteiger partial charge in [0.05, 0.1) is 11.4 Å². The van der Waals surface area contributed by atoms with E-state index in [9.17, 15) is 9.18 Å². The van der Waals surface area contributed by atoms with Gasteiger partial charge in [0.1, 0.15) is 13.2 Å². The van der Waals surface area contributed by atoms with Gasteiger partial charge in [-0.1, -0.05) is 24.2 Å². The summed E-state index contributed by atoms with van der Waals surface area (Å²) in [6.07, 6.45) is 6.64. The molecule has 1 N–H and O–H groups in total. The van der Waals surface area contributed by atoms with Crippen LogP contribution in [0.3, 0.4) is 0 Å². The summed E-state index contributed by atoms with van der Waals surface area (Å²) in [5, 5.41) is 12.2. The average molecular weight is 432 g/mol. The highest BCUT2D eigenvalue weighted by Crippen LogP contribution is 2.64. The minimum absolute atomic E-state index is 0.0625. The van der Waals surface area contributed by atoms with Gasteiger partial charge in [-0.05, 0) is 79.9 Å². The number of hydrogen-bond donors (Lipinski definition) is 1. The van der Waals surface area contributed by atoms with Crippen LogP contribution in [-0.2, 0) is 14.5 Å². The summed E-state index contributed by atoms with van der Waals surface area (Å²) in [6, 6.07) is 0. The van der Waals surface area contributed by atoms with Crippen LogP contribution in [0.5, 0.6) is 0 Å². The standard InChI is InChI=1S/C24H34FN3O3/c1-23-7-4-14(27-31-15-6-9-26-13-15)10-19(23)21(28-30-3)11-16-17(23)5-8-24(2)18(16)12-20(25)22(24)29/h10,15-18,20,26H,4-9,11-13H2,1-3H3/b27-14+,28-21+. The molecule has 170 valence electrons. The fourth-order valence-electron chi connectivity index (χ4n) is 7.30. The third-order valence-corrected chi connectivity index (χ3v) is 9.06. The molecular weight excluding hydrogens is 397 g/mol. The molecule has 3 saturated carbocycles. The van der Waals surface area contributed by atoms with Crippen LogP contribution in [0.1, 0.15) is 58.8 Å². The molecule has 7 heteroatoms. The number of ketones is 1. The first-order valence-corrected chi connectivity index (χ1v) is 11.8. The fourth-order valence-corrected chi connectivity index (χ4v) is 7.30. The lowest BCUT2D eigenvalue weighted by Crippen LogP contribution is -2.53. The minimum Gasteiger partial charge on any atom is -0.399 e. The zero-order valence-electron chi connectivity index (χ0n) is 18.8. The maximum atomic E-state index is 14.5. The van der Waals surface area contributed by atoms with Gasteiger partial charge in [-0.15, -0.1) is 0 Å². The molecule has 0 aromatic rings. The van der Waals surface area contributed by atoms with E-state index in [1.54, 1.807) is 7.11 Å². The second kappa shape index (κ2) is 7.68. The molecule has 0 aromatic carbocycles. The Bertz CT molecular complexity index is 849. The van der Waals surface area contributed by atoms with Gasteiger partial charge in [0, 0.05) is 18.4 Å². The predicted octanol–water partition coefficient (Wildman–Crippen LogP) is 3.81. The number of nitrogens with zero attached hydrogens (tertiary/aromatic N) is 2. The zero-order valence-corrected chi connectivity index (χ0v) is 18.8. The molecule has 6 nitrogen and oxygen atoms in total. The van der Waals surface area contributed by atoms with E-state index in [0.29, 0.717) is 12.3 Å². The highest BCUT2D eigenvalue weighted by Gasteiger charge is 2.62. The summed E-state index contributed by atoms with van der Waals surface area (Å²) in [5.74, 6) is 0.595. The first-order chi connectivity index (χ1) is 14.9. The Labute approximate surface area is 183 Å². The third kappa shape index (κ3) is 3.26. The summed E-state index contributed by atoms with van der Waals surface area (Å²) < 4.78 is 14.5. The molecule has 4 fully saturated rings. The first-order valence-electron chi connectivity index (χ1n) is 11.8. The van der Waals surface area contributed by atoms with Gasteiger partial charge in [-0.3, -0.25) is 4.79 Å². The van der Waals surface area contributed by atoms with E-state index < -0.39 is 11.6 Å². The van der Waals surface area contributed by atoms with Crippen molar-refractivity contribution in [2.75, 3.05) is 20.2 Å². The maximum Gasteiger partial charge on any atom is 0.173 e. The Morgan fingerprint density at radius 1 is 1.16 bits per heavy atom. The van der Waals surface area contributed by atoms with Crippen LogP contribution in [0.2, 0.25) is 0 Å². The Kier molecular flexibility index (Phi) is 5.23. The van der Waals surface area contributed by atoms with E-state index in [1.807, 2.05) is 6.92 Å². The van der Waals surface area contributed by atoms with Crippen LogP contribution in [0.4, 0.5) is 4.39 Å². The number of rotatable bonds is 3. The van der Waals surface area contributed by atoms with E-state index in [4.69, 9.17) is 9.68 Å². The molecule has 4 aliphatic carbocycles. The van der Waals surface area contributed by atoms with E-state index >= 15 is 0 Å². The number of fused-ring (bicyclic) bond motifs is 5. The predicted molar refractivity (Wildman–Crippen MR) is 117 cm³/mol. The molecule has 5 aliphatic rings. The van der Waals surface area contributed by atoms with E-state index in [0.717, 1.165) is 63.0 Å². The van der Waals surface area contributed by atoms with Crippen molar-refractivity contribution in [2.24, 2.45) is 38.9 Å². The summed E-state index contributed by atoms with van der Waals surface area (Å²) in [6.45, 7) is 6.15. The van der Waals surface area contributed by atoms with Gasteiger partial charge < -0.3 is 15.0 Å². The van der Waals surface area contributed by atoms with Crippen LogP contribution in [-0.4, -0.2) is 49.7 Å². The van der Waals surface area contributed by atoms with Crippen molar-refractivity contribution < 1.29 is 18.9 Å². The molecule has 0 radical (unpaired) electrons. The Morgan fingerprint density at radius 3 is 2.74 bits per heavy atom. The van der Waals surface area contributed by atoms with Crippen LogP contribution < -0.4 is 5.32 Å². The SMILES string of the molecule is CO/N=C1\CC2C3CC(F)C(=O)C3(C)CCC2C2(C)CC/C(=N\OC3CCNC3)C=C12. The molecule has 0 bridgehead atoms. The lowest BCUT2D eigenvalue weighted by Gasteiger charge is -2.56. The highest BCUT2D eigenvalue weighted by atomic mass is 19.1. The number of halogens is 1. The molecule has 0 amide bonds. The molecule has 1 saturated heterocycles. The number of carbonyl (C=O) groups excluding carboxylic acids is 1. The molecule has 1 aliphatic heterocycles. The van der Waals surface area contributed by atoms with Crippen molar-refractivity contribution >= 4 is 17.2 Å². The van der Waals surface area contributed by atoms with E-state index in [-0.39, 0.29) is 29.1 Å². The minimum atomic E-state index is -1.31. The van der Waals surface area contributed by atoms with Gasteiger partial charge in [0.25, 0.3) is 0 Å². The van der Waals surface area contributed by atoms with Gasteiger partial charge in [-0.2, -0.15) is 0 Å². The summed E-state index contributed by atoms with van der Waals surface area (Å²) in [4.78, 5) is 23.7. The van der Waals surface area contributed by atoms with Crippen LogP contribution >= 0.6 is 0 Å². The monoisotopic (exact) mass is 431 g/mol. The number of alkyl halides is 1. The van der Waals surface area contributed by atoms with E-state index in [2.05, 4.69) is 28.6 Å². The summed E-state index contributed by atoms with van der Waals surface area (Å²) in [7, 11) is 1.58. The number of allylic oxidation sites excluding steroid dienone is 2. The fraction of sp³-hybridized carbons (Fsp3) is 0.792. The first kappa shape index (κ1) is 21.1. The molecule has 31 heavy (non-hydrogen) atoms. The van der Waals surface area contributed by atoms with Crippen molar-refractivity contribution in [1.29, 1.82) is 0 Å². The zero-order chi connectivity index (χ0) is 21.8. The summed E-state index contributed by atoms with van der Waals surface area (Å²) in [5.41, 5.74) is 2.49. The van der Waals surface area contributed by atoms with Crippen molar-refractivity contribution in [3.63, 3.8) is 0 Å². The maximum absolute atomic E-state index is 14.5. The Hall–Kier alpha value is -1.76. The van der Waals surface area contributed by atoms with Crippen molar-refractivity contribution in [3.8, 4) is 0 Å². The highest BCUT2D eigenvalue weighted by molar-refractivity contribution is 6.10. The normalized spacial score (nSPS) is 47.0. The van der Waals surface area contributed by atoms with Gasteiger partial charge in [-0.25, -0.2) is 4.39 Å². The van der Waals surface area contributed by atoms with Crippen LogP contribution in [0.15, 0.2) is 22.0 Å². The number of carbonyl (C=O) groups is 1. The second-order valence-electron chi connectivity index (χ2n) is 10.6. The molecule has 5 rings (SSSR count). The van der Waals surface area contributed by atoms with Crippen molar-refractivity contribution in [1.82, 2.24) is 5.32 Å². The molecule has 7 atom stereocenters. The lowest BCUT2D eigenvalue weighted by atomic mass is 9.47. The van der Waals surface area contributed by atoms with Crippen LogP contribution in [0.25, 0.3) is 0 Å². The van der Waals surface area contributed by atoms with Crippen molar-refractivity contribution in [3.05, 3.63) is 11.6 Å². The number of oxime groups is 2. The Balaban J connectivity index is 1.47. The molecule has 0 spiro atoms. The molecule has 0 aromatic heterocycles. The Morgan fingerprint density at radius 2 is 2.00 bits per heavy atom. The molecular formula is C24H34FN3O3. The topological polar surface area (TPSA) is 72.3 Å². The van der Waals surface area contributed by atoms with E-state index in [1.165, 1.54) is 5.57 Å². The number of Topliss-reactive ketones (excluding diaryl/α,β-unsaturated/α-hetero) is 1. The van der Waals surface area contributed by atoms with Gasteiger partial charge in [0.15, 0.2) is 12.0 Å². The van der Waals surface area contributed by atoms with Gasteiger partial charge in [0.2, 0.25) is 0 Å². The average Bonchev–Trinajstić information content (AvgIpc) is 3.35. The second-order valence-corrected chi connectivity index (χ2v) is 10.6. The summed E-state index contributed by atoms with van der Waals surface area (Å²) >= 11 is 0. The third-order valence-electron chi connectivity index (χ3n) is 9.06. The quantitative estimate of drug-likeness (QED) is 0.690. The largest absolute Gasteiger partial charge is 0.399 e. The molecule has 7 unspecified atom stereocenters. The van der Waals surface area contributed by atoms with Gasteiger partial charge >= 0.3 is 0 Å².